The number of rotatable bonds is 5. The van der Waals surface area contributed by atoms with E-state index in [0.717, 1.165) is 18.6 Å². The first-order valence-electron chi connectivity index (χ1n) is 12.8. The first-order valence-corrected chi connectivity index (χ1v) is 14.2. The Morgan fingerprint density at radius 2 is 1.71 bits per heavy atom. The molecule has 3 fully saturated rings. The molecule has 1 saturated carbocycles. The monoisotopic (exact) mass is 488 g/mol. The smallest absolute Gasteiger partial charge is 0.243 e. The van der Waals surface area contributed by atoms with Crippen LogP contribution in [0.15, 0.2) is 23.1 Å². The molecule has 1 aliphatic carbocycles. The van der Waals surface area contributed by atoms with Gasteiger partial charge in [-0.3, -0.25) is 9.69 Å². The van der Waals surface area contributed by atoms with E-state index in [2.05, 4.69) is 15.2 Å². The maximum atomic E-state index is 13.6. The second-order valence-corrected chi connectivity index (χ2v) is 12.1. The van der Waals surface area contributed by atoms with Gasteiger partial charge in [0, 0.05) is 44.8 Å². The molecule has 34 heavy (non-hydrogen) atoms. The number of nitrogens with zero attached hydrogens (tertiary/aromatic N) is 6. The summed E-state index contributed by atoms with van der Waals surface area (Å²) >= 11 is 0. The molecule has 9 nitrogen and oxygen atoms in total. The fraction of sp³-hybridized carbons (Fsp3) is 0.708. The Bertz CT molecular complexity index is 1130. The van der Waals surface area contributed by atoms with Crippen LogP contribution in [-0.2, 0) is 14.8 Å². The fourth-order valence-corrected chi connectivity index (χ4v) is 7.51. The van der Waals surface area contributed by atoms with E-state index in [1.807, 2.05) is 18.7 Å². The lowest BCUT2D eigenvalue weighted by atomic mass is 9.94. The SMILES string of the molecule is CC(C)n1nnc2cc(S(=O)(=O)N3CCCC3C(=O)N3CCN(C4CCCCC4)CC3)ccc21. The summed E-state index contributed by atoms with van der Waals surface area (Å²) < 4.78 is 30.3. The summed E-state index contributed by atoms with van der Waals surface area (Å²) in [7, 11) is -3.80. The van der Waals surface area contributed by atoms with Crippen molar-refractivity contribution in [2.75, 3.05) is 32.7 Å². The summed E-state index contributed by atoms with van der Waals surface area (Å²) in [6.07, 6.45) is 7.74. The van der Waals surface area contributed by atoms with E-state index < -0.39 is 16.1 Å². The molecule has 0 spiro atoms. The summed E-state index contributed by atoms with van der Waals surface area (Å²) in [5.41, 5.74) is 1.36. The van der Waals surface area contributed by atoms with Crippen LogP contribution in [0.2, 0.25) is 0 Å². The van der Waals surface area contributed by atoms with Crippen LogP contribution >= 0.6 is 0 Å². The number of carbonyl (C=O) groups excluding carboxylic acids is 1. The molecule has 2 aromatic rings. The van der Waals surface area contributed by atoms with E-state index in [9.17, 15) is 13.2 Å². The number of amides is 1. The maximum Gasteiger partial charge on any atom is 0.243 e. The van der Waals surface area contributed by atoms with Gasteiger partial charge in [0.25, 0.3) is 0 Å². The molecule has 2 saturated heterocycles. The molecule has 0 N–H and O–H groups in total. The molecule has 0 bridgehead atoms. The van der Waals surface area contributed by atoms with Gasteiger partial charge in [-0.25, -0.2) is 13.1 Å². The van der Waals surface area contributed by atoms with Crippen molar-refractivity contribution >= 4 is 27.0 Å². The van der Waals surface area contributed by atoms with E-state index in [4.69, 9.17) is 0 Å². The van der Waals surface area contributed by atoms with Crippen molar-refractivity contribution in [3.63, 3.8) is 0 Å². The van der Waals surface area contributed by atoms with Crippen molar-refractivity contribution in [1.82, 2.24) is 29.1 Å². The largest absolute Gasteiger partial charge is 0.339 e. The normalized spacial score (nSPS) is 23.9. The zero-order valence-corrected chi connectivity index (χ0v) is 21.1. The highest BCUT2D eigenvalue weighted by atomic mass is 32.2. The fourth-order valence-electron chi connectivity index (χ4n) is 5.84. The molecule has 2 aliphatic heterocycles. The highest BCUT2D eigenvalue weighted by Gasteiger charge is 2.42. The first kappa shape index (κ1) is 23.7. The Balaban J connectivity index is 1.29. The predicted molar refractivity (Wildman–Crippen MR) is 130 cm³/mol. The van der Waals surface area contributed by atoms with Gasteiger partial charge < -0.3 is 4.90 Å². The lowest BCUT2D eigenvalue weighted by Gasteiger charge is -2.41. The van der Waals surface area contributed by atoms with E-state index in [0.29, 0.717) is 44.0 Å². The molecule has 10 heteroatoms. The third-order valence-electron chi connectivity index (χ3n) is 7.74. The average Bonchev–Trinajstić information content (AvgIpc) is 3.52. The van der Waals surface area contributed by atoms with Gasteiger partial charge in [0.1, 0.15) is 11.6 Å². The minimum absolute atomic E-state index is 0.0452. The van der Waals surface area contributed by atoms with Crippen LogP contribution in [0, 0.1) is 0 Å². The van der Waals surface area contributed by atoms with Crippen molar-refractivity contribution in [3.8, 4) is 0 Å². The van der Waals surface area contributed by atoms with Gasteiger partial charge in [0.15, 0.2) is 0 Å². The van der Waals surface area contributed by atoms with Crippen LogP contribution in [0.5, 0.6) is 0 Å². The molecule has 3 aliphatic rings. The highest BCUT2D eigenvalue weighted by Crippen LogP contribution is 2.30. The zero-order valence-electron chi connectivity index (χ0n) is 20.3. The van der Waals surface area contributed by atoms with Gasteiger partial charge in [0.2, 0.25) is 15.9 Å². The molecule has 1 aromatic carbocycles. The summed E-state index contributed by atoms with van der Waals surface area (Å²) in [6, 6.07) is 5.12. The summed E-state index contributed by atoms with van der Waals surface area (Å²) in [5.74, 6) is -0.0452. The molecule has 1 unspecified atom stereocenters. The quantitative estimate of drug-likeness (QED) is 0.643. The van der Waals surface area contributed by atoms with Crippen LogP contribution in [0.4, 0.5) is 0 Å². The third-order valence-corrected chi connectivity index (χ3v) is 9.65. The number of carbonyl (C=O) groups is 1. The maximum absolute atomic E-state index is 13.6. The minimum Gasteiger partial charge on any atom is -0.339 e. The van der Waals surface area contributed by atoms with Crippen molar-refractivity contribution in [2.24, 2.45) is 0 Å². The number of sulfonamides is 1. The Morgan fingerprint density at radius 3 is 2.41 bits per heavy atom. The number of benzene rings is 1. The molecule has 3 heterocycles. The average molecular weight is 489 g/mol. The number of aromatic nitrogens is 3. The second kappa shape index (κ2) is 9.54. The number of hydrogen-bond donors (Lipinski definition) is 0. The van der Waals surface area contributed by atoms with Gasteiger partial charge in [-0.05, 0) is 57.7 Å². The van der Waals surface area contributed by atoms with Crippen molar-refractivity contribution < 1.29 is 13.2 Å². The molecule has 5 rings (SSSR count). The van der Waals surface area contributed by atoms with Gasteiger partial charge in [-0.15, -0.1) is 5.10 Å². The Hall–Kier alpha value is -2.04. The number of hydrogen-bond acceptors (Lipinski definition) is 6. The van der Waals surface area contributed by atoms with E-state index in [1.165, 1.54) is 36.4 Å². The minimum atomic E-state index is -3.80. The highest BCUT2D eigenvalue weighted by molar-refractivity contribution is 7.89. The second-order valence-electron chi connectivity index (χ2n) is 10.2. The van der Waals surface area contributed by atoms with Crippen molar-refractivity contribution in [3.05, 3.63) is 18.2 Å². The van der Waals surface area contributed by atoms with Gasteiger partial charge >= 0.3 is 0 Å². The van der Waals surface area contributed by atoms with Crippen molar-refractivity contribution in [2.45, 2.75) is 81.8 Å². The molecule has 1 amide bonds. The van der Waals surface area contributed by atoms with Crippen LogP contribution in [0.1, 0.15) is 64.8 Å². The van der Waals surface area contributed by atoms with E-state index >= 15 is 0 Å². The number of piperazine rings is 1. The molecule has 186 valence electrons. The van der Waals surface area contributed by atoms with Crippen LogP contribution in [0.25, 0.3) is 11.0 Å². The van der Waals surface area contributed by atoms with Gasteiger partial charge in [-0.2, -0.15) is 4.31 Å². The number of fused-ring (bicyclic) bond motifs is 1. The van der Waals surface area contributed by atoms with Crippen LogP contribution in [-0.4, -0.2) is 88.2 Å². The van der Waals surface area contributed by atoms with Crippen LogP contribution < -0.4 is 0 Å². The molecule has 1 aromatic heterocycles. The molecule has 0 radical (unpaired) electrons. The summed E-state index contributed by atoms with van der Waals surface area (Å²) in [6.45, 7) is 7.53. The Kier molecular flexibility index (Phi) is 6.65. The van der Waals surface area contributed by atoms with E-state index in [-0.39, 0.29) is 16.8 Å². The lowest BCUT2D eigenvalue weighted by Crippen LogP contribution is -2.56. The molecule has 1 atom stereocenters. The molecular weight excluding hydrogens is 452 g/mol. The Labute approximate surface area is 202 Å². The van der Waals surface area contributed by atoms with Gasteiger partial charge in [-0.1, -0.05) is 24.5 Å². The Morgan fingerprint density at radius 1 is 0.971 bits per heavy atom. The summed E-state index contributed by atoms with van der Waals surface area (Å²) in [5, 5.41) is 8.32. The van der Waals surface area contributed by atoms with Crippen molar-refractivity contribution in [1.29, 1.82) is 0 Å². The lowest BCUT2D eigenvalue weighted by molar-refractivity contribution is -0.136. The summed E-state index contributed by atoms with van der Waals surface area (Å²) in [4.78, 5) is 18.0. The molecular formula is C24H36N6O3S. The first-order chi connectivity index (χ1) is 16.4. The zero-order chi connectivity index (χ0) is 23.9. The van der Waals surface area contributed by atoms with Gasteiger partial charge in [0.05, 0.1) is 10.4 Å². The topological polar surface area (TPSA) is 91.6 Å². The third kappa shape index (κ3) is 4.35. The van der Waals surface area contributed by atoms with Crippen LogP contribution in [0.3, 0.4) is 0 Å². The predicted octanol–water partition coefficient (Wildman–Crippen LogP) is 2.64. The van der Waals surface area contributed by atoms with E-state index in [1.54, 1.807) is 22.9 Å². The standard InChI is InChI=1S/C24H36N6O3S/c1-18(2)30-22-11-10-20(17-21(22)25-26-30)34(32,33)29-12-6-9-23(29)24(31)28-15-13-27(14-16-28)19-7-4-3-5-8-19/h10-11,17-19,23H,3-9,12-16H2,1-2H3.